The van der Waals surface area contributed by atoms with Gasteiger partial charge >= 0.3 is 6.09 Å². The topological polar surface area (TPSA) is 71.4 Å². The number of benzene rings is 2. The van der Waals surface area contributed by atoms with Crippen molar-refractivity contribution in [2.75, 3.05) is 14.2 Å². The molecule has 2 unspecified atom stereocenters. The zero-order chi connectivity index (χ0) is 33.3. The van der Waals surface area contributed by atoms with E-state index in [2.05, 4.69) is 24.1 Å². The molecular formula is C35H40ClF2N3O4S. The van der Waals surface area contributed by atoms with Gasteiger partial charge in [-0.25, -0.2) is 13.6 Å². The molecule has 0 spiro atoms. The average Bonchev–Trinajstić information content (AvgIpc) is 3.38. The van der Waals surface area contributed by atoms with E-state index in [-0.39, 0.29) is 56.5 Å². The molecule has 2 atom stereocenters. The maximum absolute atomic E-state index is 14.8. The Morgan fingerprint density at radius 1 is 1.07 bits per heavy atom. The van der Waals surface area contributed by atoms with Gasteiger partial charge in [0.1, 0.15) is 27.9 Å². The maximum atomic E-state index is 14.8. The van der Waals surface area contributed by atoms with Gasteiger partial charge in [-0.05, 0) is 76.3 Å². The summed E-state index contributed by atoms with van der Waals surface area (Å²) in [6.45, 7) is 7.79. The lowest BCUT2D eigenvalue weighted by atomic mass is 9.85. The van der Waals surface area contributed by atoms with Gasteiger partial charge in [0, 0.05) is 55.5 Å². The molecule has 11 heteroatoms. The van der Waals surface area contributed by atoms with Gasteiger partial charge in [-0.1, -0.05) is 30.7 Å². The van der Waals surface area contributed by atoms with E-state index in [0.717, 1.165) is 34.6 Å². The molecule has 2 aromatic carbocycles. The number of allylic oxidation sites excluding steroid dienone is 1. The third-order valence-electron chi connectivity index (χ3n) is 8.77. The Bertz CT molecular complexity index is 1680. The molecular weight excluding hydrogens is 632 g/mol. The lowest BCUT2D eigenvalue weighted by Crippen LogP contribution is -2.47. The normalized spacial score (nSPS) is 21.3. The van der Waals surface area contributed by atoms with Crippen LogP contribution in [0.3, 0.4) is 0 Å². The molecule has 3 aromatic rings. The smallest absolute Gasteiger partial charge is 0.410 e. The molecule has 0 radical (unpaired) electrons. The summed E-state index contributed by atoms with van der Waals surface area (Å²) in [6, 6.07) is 7.76. The molecule has 1 fully saturated rings. The van der Waals surface area contributed by atoms with Crippen molar-refractivity contribution in [2.24, 2.45) is 10.9 Å². The first-order valence-electron chi connectivity index (χ1n) is 15.5. The van der Waals surface area contributed by atoms with Gasteiger partial charge in [0.15, 0.2) is 0 Å². The van der Waals surface area contributed by atoms with Crippen molar-refractivity contribution in [1.82, 2.24) is 9.80 Å². The Balaban J connectivity index is 1.48. The Labute approximate surface area is 277 Å². The van der Waals surface area contributed by atoms with E-state index in [9.17, 15) is 18.4 Å². The Kier molecular flexibility index (Phi) is 10.1. The van der Waals surface area contributed by atoms with Crippen LogP contribution in [0.1, 0.15) is 80.1 Å². The number of carbonyl (C=O) groups excluding carboxylic acids is 2. The lowest BCUT2D eigenvalue weighted by Gasteiger charge is -2.40. The van der Waals surface area contributed by atoms with E-state index in [1.54, 1.807) is 30.2 Å². The van der Waals surface area contributed by atoms with Crippen LogP contribution < -0.4 is 4.74 Å². The van der Waals surface area contributed by atoms with Crippen LogP contribution in [0.2, 0.25) is 5.02 Å². The van der Waals surface area contributed by atoms with Crippen LogP contribution in [0, 0.1) is 17.6 Å². The van der Waals surface area contributed by atoms with Gasteiger partial charge in [0.05, 0.1) is 22.2 Å². The minimum atomic E-state index is -0.679. The monoisotopic (exact) mass is 671 g/mol. The lowest BCUT2D eigenvalue weighted by molar-refractivity contribution is 0.0144. The molecule has 2 heterocycles. The third-order valence-corrected chi connectivity index (χ3v) is 10.4. The second-order valence-electron chi connectivity index (χ2n) is 13.1. The fourth-order valence-electron chi connectivity index (χ4n) is 6.30. The number of nitrogens with zero attached hydrogens (tertiary/aromatic N) is 3. The van der Waals surface area contributed by atoms with Crippen molar-refractivity contribution in [3.05, 3.63) is 75.3 Å². The van der Waals surface area contributed by atoms with Crippen LogP contribution in [0.25, 0.3) is 10.1 Å². The van der Waals surface area contributed by atoms with Crippen molar-refractivity contribution >= 4 is 51.2 Å². The van der Waals surface area contributed by atoms with Gasteiger partial charge < -0.3 is 19.3 Å². The summed E-state index contributed by atoms with van der Waals surface area (Å²) in [6.07, 6.45) is 7.89. The first-order valence-corrected chi connectivity index (χ1v) is 16.7. The highest BCUT2D eigenvalue weighted by Crippen LogP contribution is 2.41. The van der Waals surface area contributed by atoms with E-state index >= 15 is 0 Å². The molecule has 5 rings (SSSR count). The van der Waals surface area contributed by atoms with Crippen LogP contribution in [-0.4, -0.2) is 59.9 Å². The minimum absolute atomic E-state index is 0.00955. The molecule has 1 aromatic heterocycles. The van der Waals surface area contributed by atoms with Crippen LogP contribution in [0.15, 0.2) is 47.6 Å². The van der Waals surface area contributed by atoms with Crippen molar-refractivity contribution < 1.29 is 27.8 Å². The summed E-state index contributed by atoms with van der Waals surface area (Å²) < 4.78 is 40.9. The summed E-state index contributed by atoms with van der Waals surface area (Å²) in [7, 11) is 3.33. The molecule has 2 aliphatic rings. The number of hydrogen-bond donors (Lipinski definition) is 0. The van der Waals surface area contributed by atoms with Gasteiger partial charge in [-0.3, -0.25) is 9.79 Å². The standard InChI is InChI=1S/C35H40ClF2N3O4S/c1-20-18-39-16-15-25(20)21-7-14-28(44-6)22(17-21)19-41(24-10-8-23(9-11-24)40(5)34(43)45-35(2,3)4)33(42)32-30(36)29-26(37)12-13-27(38)31(29)46-32/h7,12-18,20,23-25H,8-11,19H2,1-6H3/t20?,23-,24-,25?. The number of rotatable bonds is 7. The number of amides is 2. The molecule has 46 heavy (non-hydrogen) atoms. The van der Waals surface area contributed by atoms with Gasteiger partial charge in [-0.15, -0.1) is 11.3 Å². The van der Waals surface area contributed by atoms with E-state index in [4.69, 9.17) is 21.1 Å². The number of fused-ring (bicyclic) bond motifs is 1. The Morgan fingerprint density at radius 3 is 2.37 bits per heavy atom. The van der Waals surface area contributed by atoms with Crippen LogP contribution in [0.4, 0.5) is 13.6 Å². The van der Waals surface area contributed by atoms with Crippen LogP contribution in [0.5, 0.6) is 5.75 Å². The van der Waals surface area contributed by atoms with E-state index < -0.39 is 23.1 Å². The molecule has 7 nitrogen and oxygen atoms in total. The first-order chi connectivity index (χ1) is 21.8. The minimum Gasteiger partial charge on any atom is -0.496 e. The van der Waals surface area contributed by atoms with Crippen LogP contribution >= 0.6 is 22.9 Å². The fourth-order valence-corrected chi connectivity index (χ4v) is 7.80. The molecule has 0 bridgehead atoms. The maximum Gasteiger partial charge on any atom is 0.410 e. The van der Waals surface area contributed by atoms with Gasteiger partial charge in [-0.2, -0.15) is 0 Å². The average molecular weight is 672 g/mol. The van der Waals surface area contributed by atoms with Crippen molar-refractivity contribution in [2.45, 2.75) is 83.5 Å². The zero-order valence-electron chi connectivity index (χ0n) is 27.0. The summed E-state index contributed by atoms with van der Waals surface area (Å²) in [5.74, 6) is -0.801. The first kappa shape index (κ1) is 33.9. The van der Waals surface area contributed by atoms with Gasteiger partial charge in [0.25, 0.3) is 5.91 Å². The fraction of sp³-hybridized carbons (Fsp3) is 0.457. The summed E-state index contributed by atoms with van der Waals surface area (Å²) in [5.41, 5.74) is 1.25. The summed E-state index contributed by atoms with van der Waals surface area (Å²) in [5, 5.41) is -0.177. The molecule has 0 saturated heterocycles. The number of carbonyl (C=O) groups is 2. The zero-order valence-corrected chi connectivity index (χ0v) is 28.6. The number of methoxy groups -OCH3 is 1. The largest absolute Gasteiger partial charge is 0.496 e. The summed E-state index contributed by atoms with van der Waals surface area (Å²) >= 11 is 7.49. The SMILES string of the molecule is COc1ccc(C2C=CN=CC2C)cc1CN(C(=O)c1sc2c(F)ccc(F)c2c1Cl)[C@H]1CC[C@H](N(C)C(=O)OC(C)(C)C)CC1. The van der Waals surface area contributed by atoms with Crippen LogP contribution in [-0.2, 0) is 11.3 Å². The predicted molar refractivity (Wildman–Crippen MR) is 179 cm³/mol. The van der Waals surface area contributed by atoms with E-state index in [0.29, 0.717) is 31.4 Å². The second kappa shape index (κ2) is 13.7. The third kappa shape index (κ3) is 7.08. The van der Waals surface area contributed by atoms with Crippen molar-refractivity contribution in [1.29, 1.82) is 0 Å². The molecule has 2 amide bonds. The molecule has 1 aliphatic heterocycles. The molecule has 246 valence electrons. The molecule has 1 aliphatic carbocycles. The molecule has 0 N–H and O–H groups in total. The quantitative estimate of drug-likeness (QED) is 0.251. The van der Waals surface area contributed by atoms with Gasteiger partial charge in [0.2, 0.25) is 0 Å². The highest BCUT2D eigenvalue weighted by atomic mass is 35.5. The highest BCUT2D eigenvalue weighted by Gasteiger charge is 2.36. The second-order valence-corrected chi connectivity index (χ2v) is 14.5. The number of aliphatic imine (C=N–C) groups is 1. The van der Waals surface area contributed by atoms with Crippen molar-refractivity contribution in [3.63, 3.8) is 0 Å². The number of halogens is 3. The number of ether oxygens (including phenoxy) is 2. The predicted octanol–water partition coefficient (Wildman–Crippen LogP) is 8.98. The Hall–Kier alpha value is -3.50. The van der Waals surface area contributed by atoms with E-state index in [1.165, 1.54) is 0 Å². The Morgan fingerprint density at radius 2 is 1.74 bits per heavy atom. The highest BCUT2D eigenvalue weighted by molar-refractivity contribution is 7.21. The number of hydrogen-bond acceptors (Lipinski definition) is 6. The van der Waals surface area contributed by atoms with Crippen molar-refractivity contribution in [3.8, 4) is 5.75 Å². The van der Waals surface area contributed by atoms with E-state index in [1.807, 2.05) is 39.1 Å². The summed E-state index contributed by atoms with van der Waals surface area (Å²) in [4.78, 5) is 34.9. The number of thiophene rings is 1. The molecule has 1 saturated carbocycles.